The molecule has 0 bridgehead atoms. The summed E-state index contributed by atoms with van der Waals surface area (Å²) in [7, 11) is 0. The third kappa shape index (κ3) is 5.83. The van der Waals surface area contributed by atoms with Crippen molar-refractivity contribution < 1.29 is 9.59 Å². The number of carbonyl (C=O) groups is 2. The molecule has 0 fully saturated rings. The Morgan fingerprint density at radius 2 is 1.79 bits per heavy atom. The van der Waals surface area contributed by atoms with E-state index in [1.165, 1.54) is 11.3 Å². The van der Waals surface area contributed by atoms with Crippen molar-refractivity contribution in [3.8, 4) is 0 Å². The van der Waals surface area contributed by atoms with E-state index in [4.69, 9.17) is 0 Å². The van der Waals surface area contributed by atoms with Gasteiger partial charge in [0.05, 0.1) is 6.54 Å². The molecule has 1 heterocycles. The summed E-state index contributed by atoms with van der Waals surface area (Å²) >= 11 is 0. The molecule has 2 aromatic rings. The second-order valence-electron chi connectivity index (χ2n) is 7.43. The molecule has 29 heavy (non-hydrogen) atoms. The van der Waals surface area contributed by atoms with Gasteiger partial charge in [0.25, 0.3) is 0 Å². The minimum atomic E-state index is 0.0181. The summed E-state index contributed by atoms with van der Waals surface area (Å²) in [5, 5.41) is 2.98. The molecule has 5 nitrogen and oxygen atoms in total. The standard InChI is InChI=1S/C24H31N3O2/c1-2-27(21-13-4-3-5-14-21)24(29)16-10-17-25-23(28)19-26-18-9-8-12-20-11-6-7-15-22(20)26/h3-7,11,13-15H,2,8-10,12,16-19H2,1H3,(H,25,28). The Bertz CT molecular complexity index is 807. The summed E-state index contributed by atoms with van der Waals surface area (Å²) in [5.41, 5.74) is 3.42. The maximum absolute atomic E-state index is 12.5. The molecule has 3 rings (SSSR count). The fourth-order valence-corrected chi connectivity index (χ4v) is 3.88. The lowest BCUT2D eigenvalue weighted by Crippen LogP contribution is -2.38. The molecule has 1 aliphatic rings. The average Bonchev–Trinajstić information content (AvgIpc) is 2.95. The van der Waals surface area contributed by atoms with Crippen LogP contribution in [0.3, 0.4) is 0 Å². The second-order valence-corrected chi connectivity index (χ2v) is 7.43. The van der Waals surface area contributed by atoms with Crippen molar-refractivity contribution in [3.05, 3.63) is 60.2 Å². The van der Waals surface area contributed by atoms with E-state index in [2.05, 4.69) is 28.4 Å². The molecule has 0 saturated carbocycles. The predicted octanol–water partition coefficient (Wildman–Crippen LogP) is 3.78. The first kappa shape index (κ1) is 20.9. The molecule has 0 spiro atoms. The van der Waals surface area contributed by atoms with E-state index >= 15 is 0 Å². The van der Waals surface area contributed by atoms with E-state index in [1.807, 2.05) is 43.3 Å². The van der Waals surface area contributed by atoms with Crippen LogP contribution in [0.1, 0.15) is 38.2 Å². The van der Waals surface area contributed by atoms with Crippen molar-refractivity contribution in [3.63, 3.8) is 0 Å². The fourth-order valence-electron chi connectivity index (χ4n) is 3.88. The minimum absolute atomic E-state index is 0.0181. The van der Waals surface area contributed by atoms with Gasteiger partial charge in [0, 0.05) is 37.4 Å². The zero-order valence-electron chi connectivity index (χ0n) is 17.3. The number of carbonyl (C=O) groups excluding carboxylic acids is 2. The molecular weight excluding hydrogens is 362 g/mol. The van der Waals surface area contributed by atoms with Crippen LogP contribution in [0, 0.1) is 0 Å². The number of hydrogen-bond acceptors (Lipinski definition) is 3. The lowest BCUT2D eigenvalue weighted by molar-refractivity contribution is -0.121. The molecule has 5 heteroatoms. The number of benzene rings is 2. The third-order valence-corrected chi connectivity index (χ3v) is 5.37. The molecule has 0 radical (unpaired) electrons. The quantitative estimate of drug-likeness (QED) is 0.695. The van der Waals surface area contributed by atoms with Crippen molar-refractivity contribution >= 4 is 23.2 Å². The Labute approximate surface area is 173 Å². The van der Waals surface area contributed by atoms with Crippen molar-refractivity contribution in [1.82, 2.24) is 5.32 Å². The monoisotopic (exact) mass is 393 g/mol. The SMILES string of the molecule is CCN(C(=O)CCCNC(=O)CN1CCCCc2ccccc21)c1ccccc1. The van der Waals surface area contributed by atoms with Gasteiger partial charge in [-0.1, -0.05) is 36.4 Å². The van der Waals surface area contributed by atoms with Crippen LogP contribution in [0.5, 0.6) is 0 Å². The highest BCUT2D eigenvalue weighted by Crippen LogP contribution is 2.25. The number of anilines is 2. The van der Waals surface area contributed by atoms with Gasteiger partial charge in [-0.05, 0) is 56.4 Å². The summed E-state index contributed by atoms with van der Waals surface area (Å²) < 4.78 is 0. The number of amides is 2. The zero-order chi connectivity index (χ0) is 20.5. The van der Waals surface area contributed by atoms with Crippen molar-refractivity contribution in [2.24, 2.45) is 0 Å². The molecule has 154 valence electrons. The van der Waals surface area contributed by atoms with Gasteiger partial charge in [-0.15, -0.1) is 0 Å². The Morgan fingerprint density at radius 1 is 1.03 bits per heavy atom. The smallest absolute Gasteiger partial charge is 0.239 e. The van der Waals surface area contributed by atoms with Crippen LogP contribution < -0.4 is 15.1 Å². The topological polar surface area (TPSA) is 52.7 Å². The van der Waals surface area contributed by atoms with E-state index in [9.17, 15) is 9.59 Å². The first-order valence-corrected chi connectivity index (χ1v) is 10.6. The van der Waals surface area contributed by atoms with Crippen LogP contribution in [0.4, 0.5) is 11.4 Å². The Hall–Kier alpha value is -2.82. The predicted molar refractivity (Wildman–Crippen MR) is 118 cm³/mol. The van der Waals surface area contributed by atoms with Crippen molar-refractivity contribution in [2.75, 3.05) is 36.0 Å². The van der Waals surface area contributed by atoms with E-state index < -0.39 is 0 Å². The molecule has 0 saturated heterocycles. The molecule has 2 aromatic carbocycles. The largest absolute Gasteiger partial charge is 0.362 e. The van der Waals surface area contributed by atoms with E-state index in [0.29, 0.717) is 32.5 Å². The van der Waals surface area contributed by atoms with Crippen LogP contribution >= 0.6 is 0 Å². The highest BCUT2D eigenvalue weighted by Gasteiger charge is 2.17. The normalized spacial score (nSPS) is 13.3. The van der Waals surface area contributed by atoms with Gasteiger partial charge in [0.1, 0.15) is 0 Å². The molecule has 0 atom stereocenters. The molecule has 2 amide bonds. The molecule has 0 aromatic heterocycles. The van der Waals surface area contributed by atoms with Gasteiger partial charge in [0.15, 0.2) is 0 Å². The highest BCUT2D eigenvalue weighted by atomic mass is 16.2. The highest BCUT2D eigenvalue weighted by molar-refractivity contribution is 5.93. The number of rotatable bonds is 8. The van der Waals surface area contributed by atoms with Gasteiger partial charge in [-0.25, -0.2) is 0 Å². The second kappa shape index (κ2) is 10.6. The molecular formula is C24H31N3O2. The number of fused-ring (bicyclic) bond motifs is 1. The van der Waals surface area contributed by atoms with Gasteiger partial charge >= 0.3 is 0 Å². The first-order valence-electron chi connectivity index (χ1n) is 10.6. The number of nitrogens with one attached hydrogen (secondary N) is 1. The van der Waals surface area contributed by atoms with Crippen LogP contribution in [0.15, 0.2) is 54.6 Å². The first-order chi connectivity index (χ1) is 14.2. The Morgan fingerprint density at radius 3 is 2.59 bits per heavy atom. The molecule has 1 aliphatic heterocycles. The van der Waals surface area contributed by atoms with Gasteiger partial charge in [-0.2, -0.15) is 0 Å². The number of nitrogens with zero attached hydrogens (tertiary/aromatic N) is 2. The summed E-state index contributed by atoms with van der Waals surface area (Å²) in [4.78, 5) is 28.9. The van der Waals surface area contributed by atoms with E-state index in [0.717, 1.165) is 31.5 Å². The van der Waals surface area contributed by atoms with Gasteiger partial charge < -0.3 is 15.1 Å². The minimum Gasteiger partial charge on any atom is -0.362 e. The van der Waals surface area contributed by atoms with Crippen LogP contribution in [0.2, 0.25) is 0 Å². The van der Waals surface area contributed by atoms with Gasteiger partial charge in [0.2, 0.25) is 11.8 Å². The van der Waals surface area contributed by atoms with Crippen molar-refractivity contribution in [1.29, 1.82) is 0 Å². The fraction of sp³-hybridized carbons (Fsp3) is 0.417. The maximum Gasteiger partial charge on any atom is 0.239 e. The van der Waals surface area contributed by atoms with Crippen LogP contribution in [0.25, 0.3) is 0 Å². The lowest BCUT2D eigenvalue weighted by atomic mass is 10.1. The van der Waals surface area contributed by atoms with E-state index in [-0.39, 0.29) is 11.8 Å². The van der Waals surface area contributed by atoms with Crippen LogP contribution in [-0.2, 0) is 16.0 Å². The Balaban J connectivity index is 1.44. The molecule has 0 unspecified atom stereocenters. The number of para-hydroxylation sites is 2. The van der Waals surface area contributed by atoms with Crippen LogP contribution in [-0.4, -0.2) is 38.0 Å². The summed E-state index contributed by atoms with van der Waals surface area (Å²) in [6, 6.07) is 18.1. The lowest BCUT2D eigenvalue weighted by Gasteiger charge is -2.24. The molecule has 1 N–H and O–H groups in total. The summed E-state index contributed by atoms with van der Waals surface area (Å²) in [6.45, 7) is 4.42. The van der Waals surface area contributed by atoms with E-state index in [1.54, 1.807) is 4.90 Å². The zero-order valence-corrected chi connectivity index (χ0v) is 17.3. The van der Waals surface area contributed by atoms with Crippen molar-refractivity contribution in [2.45, 2.75) is 39.0 Å². The number of aryl methyl sites for hydroxylation is 1. The number of hydrogen-bond donors (Lipinski definition) is 1. The Kier molecular flexibility index (Phi) is 7.68. The third-order valence-electron chi connectivity index (χ3n) is 5.37. The molecule has 0 aliphatic carbocycles. The van der Waals surface area contributed by atoms with Gasteiger partial charge in [-0.3, -0.25) is 9.59 Å². The maximum atomic E-state index is 12.5. The summed E-state index contributed by atoms with van der Waals surface area (Å²) in [5.74, 6) is 0.110. The average molecular weight is 394 g/mol. The summed E-state index contributed by atoms with van der Waals surface area (Å²) in [6.07, 6.45) is 4.40.